The van der Waals surface area contributed by atoms with E-state index in [4.69, 9.17) is 0 Å². The van der Waals surface area contributed by atoms with Crippen molar-refractivity contribution in [1.29, 1.82) is 0 Å². The van der Waals surface area contributed by atoms with Gasteiger partial charge in [-0.2, -0.15) is 0 Å². The van der Waals surface area contributed by atoms with E-state index in [0.717, 1.165) is 24.0 Å². The number of rotatable bonds is 4. The second kappa shape index (κ2) is 7.47. The number of carbonyl (C=O) groups is 1. The quantitative estimate of drug-likeness (QED) is 0.615. The Balaban J connectivity index is 1.83. The molecule has 1 saturated carbocycles. The summed E-state index contributed by atoms with van der Waals surface area (Å²) in [6.07, 6.45) is 5.73. The van der Waals surface area contributed by atoms with Crippen LogP contribution in [0.2, 0.25) is 0 Å². The first-order chi connectivity index (χ1) is 12.0. The van der Waals surface area contributed by atoms with Crippen LogP contribution in [-0.2, 0) is 0 Å². The van der Waals surface area contributed by atoms with Gasteiger partial charge in [-0.3, -0.25) is 14.9 Å². The van der Waals surface area contributed by atoms with Crippen LogP contribution in [0, 0.1) is 17.0 Å². The molecule has 2 aromatic rings. The normalized spacial score (nSPS) is 14.9. The van der Waals surface area contributed by atoms with Gasteiger partial charge in [0.2, 0.25) is 0 Å². The van der Waals surface area contributed by atoms with E-state index < -0.39 is 4.92 Å². The van der Waals surface area contributed by atoms with Gasteiger partial charge in [0.05, 0.1) is 4.92 Å². The fourth-order valence-electron chi connectivity index (χ4n) is 3.39. The number of amides is 1. The molecule has 5 heteroatoms. The zero-order valence-corrected chi connectivity index (χ0v) is 14.3. The highest BCUT2D eigenvalue weighted by molar-refractivity contribution is 6.05. The molecule has 0 aromatic heterocycles. The summed E-state index contributed by atoms with van der Waals surface area (Å²) in [4.78, 5) is 23.4. The summed E-state index contributed by atoms with van der Waals surface area (Å²) in [5.41, 5.74) is 2.74. The van der Waals surface area contributed by atoms with Gasteiger partial charge in [0.15, 0.2) is 0 Å². The lowest BCUT2D eigenvalue weighted by atomic mass is 9.84. The third-order valence-corrected chi connectivity index (χ3v) is 4.86. The Labute approximate surface area is 147 Å². The fourth-order valence-corrected chi connectivity index (χ4v) is 3.39. The van der Waals surface area contributed by atoms with Crippen LogP contribution in [-0.4, -0.2) is 10.8 Å². The van der Waals surface area contributed by atoms with Crippen LogP contribution in [0.3, 0.4) is 0 Å². The molecule has 2 aromatic carbocycles. The molecular weight excluding hydrogens is 316 g/mol. The maximum atomic E-state index is 12.4. The molecule has 1 amide bonds. The van der Waals surface area contributed by atoms with Crippen LogP contribution in [0.1, 0.15) is 59.5 Å². The fraction of sp³-hybridized carbons (Fsp3) is 0.350. The van der Waals surface area contributed by atoms with E-state index in [-0.39, 0.29) is 17.3 Å². The van der Waals surface area contributed by atoms with Crippen LogP contribution in [0.4, 0.5) is 11.4 Å². The summed E-state index contributed by atoms with van der Waals surface area (Å²) in [6, 6.07) is 12.3. The first-order valence-corrected chi connectivity index (χ1v) is 8.71. The van der Waals surface area contributed by atoms with Crippen molar-refractivity contribution in [3.8, 4) is 0 Å². The summed E-state index contributed by atoms with van der Waals surface area (Å²) >= 11 is 0. The molecule has 0 saturated heterocycles. The Morgan fingerprint density at radius 1 is 1.08 bits per heavy atom. The molecule has 0 aliphatic heterocycles. The van der Waals surface area contributed by atoms with E-state index in [2.05, 4.69) is 5.32 Å². The maximum Gasteiger partial charge on any atom is 0.293 e. The number of aryl methyl sites for hydroxylation is 1. The average molecular weight is 338 g/mol. The second-order valence-electron chi connectivity index (χ2n) is 6.69. The van der Waals surface area contributed by atoms with Crippen molar-refractivity contribution in [2.45, 2.75) is 44.9 Å². The third kappa shape index (κ3) is 4.05. The molecule has 0 spiro atoms. The van der Waals surface area contributed by atoms with Crippen molar-refractivity contribution < 1.29 is 9.72 Å². The minimum atomic E-state index is -0.420. The first-order valence-electron chi connectivity index (χ1n) is 8.71. The SMILES string of the molecule is Cc1ccc(C(=O)Nc2ccc(C3CCCCC3)cc2[N+](=O)[O-])cc1. The second-order valence-corrected chi connectivity index (χ2v) is 6.69. The lowest BCUT2D eigenvalue weighted by molar-refractivity contribution is -0.384. The van der Waals surface area contributed by atoms with Crippen molar-refractivity contribution in [2.24, 2.45) is 0 Å². The van der Waals surface area contributed by atoms with Crippen LogP contribution in [0.15, 0.2) is 42.5 Å². The molecule has 130 valence electrons. The van der Waals surface area contributed by atoms with Gasteiger partial charge in [-0.25, -0.2) is 0 Å². The zero-order valence-electron chi connectivity index (χ0n) is 14.3. The maximum absolute atomic E-state index is 12.4. The molecule has 5 nitrogen and oxygen atoms in total. The monoisotopic (exact) mass is 338 g/mol. The lowest BCUT2D eigenvalue weighted by Gasteiger charge is -2.22. The smallest absolute Gasteiger partial charge is 0.293 e. The van der Waals surface area contributed by atoms with Crippen LogP contribution in [0.5, 0.6) is 0 Å². The summed E-state index contributed by atoms with van der Waals surface area (Å²) in [6.45, 7) is 1.94. The first kappa shape index (κ1) is 17.1. The van der Waals surface area contributed by atoms with Gasteiger partial charge < -0.3 is 5.32 Å². The van der Waals surface area contributed by atoms with E-state index in [1.807, 2.05) is 25.1 Å². The third-order valence-electron chi connectivity index (χ3n) is 4.86. The van der Waals surface area contributed by atoms with Gasteiger partial charge in [0, 0.05) is 11.6 Å². The minimum absolute atomic E-state index is 0.0384. The Morgan fingerprint density at radius 3 is 2.40 bits per heavy atom. The van der Waals surface area contributed by atoms with Crippen molar-refractivity contribution in [3.63, 3.8) is 0 Å². The Kier molecular flexibility index (Phi) is 5.12. The number of nitrogens with zero attached hydrogens (tertiary/aromatic N) is 1. The number of nitrogens with one attached hydrogen (secondary N) is 1. The highest BCUT2D eigenvalue weighted by Crippen LogP contribution is 2.36. The molecule has 1 aliphatic rings. The summed E-state index contributed by atoms with van der Waals surface area (Å²) in [5.74, 6) is 0.0443. The summed E-state index contributed by atoms with van der Waals surface area (Å²) in [7, 11) is 0. The molecule has 1 fully saturated rings. The van der Waals surface area contributed by atoms with Crippen LogP contribution >= 0.6 is 0 Å². The molecule has 1 aliphatic carbocycles. The van der Waals surface area contributed by atoms with Crippen molar-refractivity contribution >= 4 is 17.3 Å². The topological polar surface area (TPSA) is 72.2 Å². The molecular formula is C20H22N2O3. The van der Waals surface area contributed by atoms with Crippen LogP contribution in [0.25, 0.3) is 0 Å². The largest absolute Gasteiger partial charge is 0.316 e. The summed E-state index contributed by atoms with van der Waals surface area (Å²) in [5, 5.41) is 14.2. The number of hydrogen-bond acceptors (Lipinski definition) is 3. The van der Waals surface area contributed by atoms with Gasteiger partial charge in [-0.1, -0.05) is 43.0 Å². The molecule has 1 N–H and O–H groups in total. The van der Waals surface area contributed by atoms with Crippen molar-refractivity contribution in [2.75, 3.05) is 5.32 Å². The number of nitro groups is 1. The number of hydrogen-bond donors (Lipinski definition) is 1. The van der Waals surface area contributed by atoms with Crippen molar-refractivity contribution in [1.82, 2.24) is 0 Å². The number of anilines is 1. The van der Waals surface area contributed by atoms with Crippen LogP contribution < -0.4 is 5.32 Å². The zero-order chi connectivity index (χ0) is 17.8. The number of carbonyl (C=O) groups excluding carboxylic acids is 1. The molecule has 0 unspecified atom stereocenters. The molecule has 25 heavy (non-hydrogen) atoms. The Hall–Kier alpha value is -2.69. The van der Waals surface area contributed by atoms with E-state index in [1.165, 1.54) is 19.3 Å². The molecule has 3 rings (SSSR count). The minimum Gasteiger partial charge on any atom is -0.316 e. The summed E-state index contributed by atoms with van der Waals surface area (Å²) < 4.78 is 0. The highest BCUT2D eigenvalue weighted by Gasteiger charge is 2.22. The number of benzene rings is 2. The molecule has 0 atom stereocenters. The number of nitro benzene ring substituents is 1. The standard InChI is InChI=1S/C20H22N2O3/c1-14-7-9-16(10-8-14)20(23)21-18-12-11-17(13-19(18)22(24)25)15-5-3-2-4-6-15/h7-13,15H,2-6H2,1H3,(H,21,23). The highest BCUT2D eigenvalue weighted by atomic mass is 16.6. The predicted octanol–water partition coefficient (Wildman–Crippen LogP) is 5.20. The predicted molar refractivity (Wildman–Crippen MR) is 98.1 cm³/mol. The van der Waals surface area contributed by atoms with Gasteiger partial charge in [0.25, 0.3) is 11.6 Å². The van der Waals surface area contributed by atoms with E-state index in [1.54, 1.807) is 24.3 Å². The van der Waals surface area contributed by atoms with Gasteiger partial charge in [0.1, 0.15) is 5.69 Å². The molecule has 0 heterocycles. The average Bonchev–Trinajstić information content (AvgIpc) is 2.63. The van der Waals surface area contributed by atoms with E-state index in [0.29, 0.717) is 11.5 Å². The molecule has 0 radical (unpaired) electrons. The molecule has 0 bridgehead atoms. The van der Waals surface area contributed by atoms with Crippen molar-refractivity contribution in [3.05, 3.63) is 69.3 Å². The van der Waals surface area contributed by atoms with E-state index in [9.17, 15) is 14.9 Å². The van der Waals surface area contributed by atoms with Gasteiger partial charge in [-0.15, -0.1) is 0 Å². The Morgan fingerprint density at radius 2 is 1.76 bits per heavy atom. The Bertz CT molecular complexity index is 778. The van der Waals surface area contributed by atoms with Gasteiger partial charge in [-0.05, 0) is 49.4 Å². The lowest BCUT2D eigenvalue weighted by Crippen LogP contribution is -2.13. The van der Waals surface area contributed by atoms with E-state index >= 15 is 0 Å². The van der Waals surface area contributed by atoms with Gasteiger partial charge >= 0.3 is 0 Å².